The van der Waals surface area contributed by atoms with E-state index in [4.69, 9.17) is 14.6 Å². The molecule has 1 aliphatic rings. The van der Waals surface area contributed by atoms with E-state index in [-0.39, 0.29) is 11.7 Å². The summed E-state index contributed by atoms with van der Waals surface area (Å²) in [6.45, 7) is 2.97. The molecule has 0 atom stereocenters. The van der Waals surface area contributed by atoms with Crippen LogP contribution in [0, 0.1) is 0 Å². The molecule has 0 saturated heterocycles. The van der Waals surface area contributed by atoms with Crippen LogP contribution in [0.1, 0.15) is 12.5 Å². The monoisotopic (exact) mass is 469 g/mol. The van der Waals surface area contributed by atoms with Gasteiger partial charge in [-0.15, -0.1) is 0 Å². The van der Waals surface area contributed by atoms with Crippen LogP contribution >= 0.6 is 27.7 Å². The van der Waals surface area contributed by atoms with Crippen LogP contribution in [0.4, 0.5) is 0 Å². The Labute approximate surface area is 169 Å². The van der Waals surface area contributed by atoms with E-state index >= 15 is 0 Å². The standard InChI is InChI=1S/C17H16BrN3O4S2/c1-2-21-14-4-3-11(27(19,22)23)6-13(14)20-17(21)26-8-10-5-15-16(7-12(10)18)25-9-24-15/h3-7H,2,8-9H2,1H3,(H2,19,22,23). The molecule has 2 N–H and O–H groups in total. The summed E-state index contributed by atoms with van der Waals surface area (Å²) in [7, 11) is -3.76. The number of hydrogen-bond donors (Lipinski definition) is 1. The van der Waals surface area contributed by atoms with Crippen molar-refractivity contribution in [3.05, 3.63) is 40.4 Å². The number of fused-ring (bicyclic) bond motifs is 2. The van der Waals surface area contributed by atoms with E-state index < -0.39 is 10.0 Å². The van der Waals surface area contributed by atoms with Gasteiger partial charge in [0.2, 0.25) is 16.8 Å². The maximum Gasteiger partial charge on any atom is 0.238 e. The van der Waals surface area contributed by atoms with Crippen LogP contribution in [-0.2, 0) is 22.3 Å². The van der Waals surface area contributed by atoms with E-state index in [0.717, 1.165) is 38.8 Å². The van der Waals surface area contributed by atoms with Gasteiger partial charge in [-0.1, -0.05) is 27.7 Å². The van der Waals surface area contributed by atoms with Gasteiger partial charge in [0.15, 0.2) is 16.7 Å². The Bertz CT molecular complexity index is 1140. The van der Waals surface area contributed by atoms with Gasteiger partial charge in [0.05, 0.1) is 15.9 Å². The van der Waals surface area contributed by atoms with Crippen molar-refractivity contribution in [1.82, 2.24) is 9.55 Å². The topological polar surface area (TPSA) is 96.4 Å². The predicted octanol–water partition coefficient (Wildman–Crippen LogP) is 3.49. The van der Waals surface area contributed by atoms with Gasteiger partial charge in [-0.2, -0.15) is 0 Å². The number of aryl methyl sites for hydroxylation is 1. The largest absolute Gasteiger partial charge is 0.454 e. The SMILES string of the molecule is CCn1c(SCc2cc3c(cc2Br)OCO3)nc2cc(S(N)(=O)=O)ccc21. The number of primary sulfonamides is 1. The highest BCUT2D eigenvalue weighted by atomic mass is 79.9. The summed E-state index contributed by atoms with van der Waals surface area (Å²) in [5.41, 5.74) is 2.54. The number of halogens is 1. The normalized spacial score (nSPS) is 13.4. The minimum atomic E-state index is -3.76. The van der Waals surface area contributed by atoms with Gasteiger partial charge in [-0.25, -0.2) is 18.5 Å². The van der Waals surface area contributed by atoms with Crippen LogP contribution < -0.4 is 14.6 Å². The molecule has 2 aromatic carbocycles. The smallest absolute Gasteiger partial charge is 0.238 e. The summed E-state index contributed by atoms with van der Waals surface area (Å²) in [6, 6.07) is 8.62. The lowest BCUT2D eigenvalue weighted by Crippen LogP contribution is -2.11. The molecule has 2 heterocycles. The van der Waals surface area contributed by atoms with Crippen molar-refractivity contribution in [3.8, 4) is 11.5 Å². The molecule has 0 radical (unpaired) electrons. The molecule has 10 heteroatoms. The molecule has 0 amide bonds. The summed E-state index contributed by atoms with van der Waals surface area (Å²) in [5.74, 6) is 2.13. The molecule has 27 heavy (non-hydrogen) atoms. The van der Waals surface area contributed by atoms with Crippen LogP contribution in [0.2, 0.25) is 0 Å². The van der Waals surface area contributed by atoms with Crippen LogP contribution in [0.25, 0.3) is 11.0 Å². The number of ether oxygens (including phenoxy) is 2. The Kier molecular flexibility index (Phi) is 4.83. The number of nitrogens with zero attached hydrogens (tertiary/aromatic N) is 2. The second-order valence-corrected chi connectivity index (χ2v) is 9.28. The maximum absolute atomic E-state index is 11.6. The first kappa shape index (κ1) is 18.6. The molecule has 142 valence electrons. The van der Waals surface area contributed by atoms with E-state index in [1.807, 2.05) is 23.6 Å². The van der Waals surface area contributed by atoms with Gasteiger partial charge in [0, 0.05) is 16.8 Å². The van der Waals surface area contributed by atoms with Gasteiger partial charge in [-0.05, 0) is 42.8 Å². The summed E-state index contributed by atoms with van der Waals surface area (Å²) >= 11 is 5.14. The zero-order valence-electron chi connectivity index (χ0n) is 14.3. The Morgan fingerprint density at radius 1 is 1.26 bits per heavy atom. The fraction of sp³-hybridized carbons (Fsp3) is 0.235. The van der Waals surface area contributed by atoms with E-state index in [1.165, 1.54) is 12.1 Å². The van der Waals surface area contributed by atoms with Gasteiger partial charge in [-0.3, -0.25) is 0 Å². The quantitative estimate of drug-likeness (QED) is 0.574. The first-order valence-electron chi connectivity index (χ1n) is 8.10. The highest BCUT2D eigenvalue weighted by molar-refractivity contribution is 9.10. The van der Waals surface area contributed by atoms with Crippen molar-refractivity contribution in [2.45, 2.75) is 29.3 Å². The van der Waals surface area contributed by atoms with Crippen molar-refractivity contribution in [1.29, 1.82) is 0 Å². The minimum Gasteiger partial charge on any atom is -0.454 e. The summed E-state index contributed by atoms with van der Waals surface area (Å²) in [5, 5.41) is 6.04. The van der Waals surface area contributed by atoms with Crippen molar-refractivity contribution in [2.75, 3.05) is 6.79 Å². The number of nitrogens with two attached hydrogens (primary N) is 1. The third kappa shape index (κ3) is 3.54. The first-order valence-corrected chi connectivity index (χ1v) is 11.4. The fourth-order valence-corrected chi connectivity index (χ4v) is 5.14. The first-order chi connectivity index (χ1) is 12.9. The molecule has 0 unspecified atom stereocenters. The van der Waals surface area contributed by atoms with Crippen molar-refractivity contribution in [3.63, 3.8) is 0 Å². The number of hydrogen-bond acceptors (Lipinski definition) is 6. The Morgan fingerprint density at radius 2 is 2.00 bits per heavy atom. The average molecular weight is 470 g/mol. The van der Waals surface area contributed by atoms with E-state index in [1.54, 1.807) is 17.8 Å². The van der Waals surface area contributed by atoms with Crippen LogP contribution in [0.15, 0.2) is 44.9 Å². The molecule has 0 spiro atoms. The molecule has 1 aromatic heterocycles. The molecule has 0 saturated carbocycles. The molecule has 4 rings (SSSR count). The summed E-state index contributed by atoms with van der Waals surface area (Å²) < 4.78 is 37.0. The summed E-state index contributed by atoms with van der Waals surface area (Å²) in [4.78, 5) is 4.67. The van der Waals surface area contributed by atoms with Crippen LogP contribution in [-0.4, -0.2) is 24.8 Å². The van der Waals surface area contributed by atoms with E-state index in [9.17, 15) is 8.42 Å². The molecule has 0 aliphatic carbocycles. The lowest BCUT2D eigenvalue weighted by molar-refractivity contribution is 0.174. The second kappa shape index (κ2) is 7.01. The zero-order chi connectivity index (χ0) is 19.2. The van der Waals surface area contributed by atoms with Crippen LogP contribution in [0.5, 0.6) is 11.5 Å². The van der Waals surface area contributed by atoms with E-state index in [2.05, 4.69) is 20.9 Å². The van der Waals surface area contributed by atoms with Gasteiger partial charge in [0.1, 0.15) is 0 Å². The zero-order valence-corrected chi connectivity index (χ0v) is 17.5. The number of benzene rings is 2. The Morgan fingerprint density at radius 3 is 2.70 bits per heavy atom. The Balaban J connectivity index is 1.66. The predicted molar refractivity (Wildman–Crippen MR) is 107 cm³/mol. The number of imidazole rings is 1. The van der Waals surface area contributed by atoms with Crippen molar-refractivity contribution >= 4 is 48.7 Å². The van der Waals surface area contributed by atoms with Crippen LogP contribution in [0.3, 0.4) is 0 Å². The van der Waals surface area contributed by atoms with Crippen molar-refractivity contribution in [2.24, 2.45) is 5.14 Å². The van der Waals surface area contributed by atoms with Gasteiger partial charge in [0.25, 0.3) is 0 Å². The molecular formula is C17H16BrN3O4S2. The van der Waals surface area contributed by atoms with E-state index in [0.29, 0.717) is 11.3 Å². The highest BCUT2D eigenvalue weighted by Crippen LogP contribution is 2.39. The van der Waals surface area contributed by atoms with Gasteiger partial charge < -0.3 is 14.0 Å². The third-order valence-electron chi connectivity index (χ3n) is 4.23. The molecule has 0 bridgehead atoms. The maximum atomic E-state index is 11.6. The number of sulfonamides is 1. The third-order valence-corrected chi connectivity index (χ3v) is 6.90. The number of aromatic nitrogens is 2. The lowest BCUT2D eigenvalue weighted by atomic mass is 10.2. The molecular weight excluding hydrogens is 454 g/mol. The van der Waals surface area contributed by atoms with Gasteiger partial charge >= 0.3 is 0 Å². The number of thioether (sulfide) groups is 1. The highest BCUT2D eigenvalue weighted by Gasteiger charge is 2.18. The Hall–Kier alpha value is -1.75. The second-order valence-electron chi connectivity index (χ2n) is 5.92. The van der Waals surface area contributed by atoms with Crippen molar-refractivity contribution < 1.29 is 17.9 Å². The average Bonchev–Trinajstić information content (AvgIpc) is 3.21. The lowest BCUT2D eigenvalue weighted by Gasteiger charge is -2.08. The minimum absolute atomic E-state index is 0.0609. The molecule has 7 nitrogen and oxygen atoms in total. The number of rotatable bonds is 5. The molecule has 0 fully saturated rings. The molecule has 1 aliphatic heterocycles. The fourth-order valence-electron chi connectivity index (χ4n) is 2.89. The molecule has 3 aromatic rings. The summed E-state index contributed by atoms with van der Waals surface area (Å²) in [6.07, 6.45) is 0.